The molecule has 0 saturated carbocycles. The Bertz CT molecular complexity index is 578. The molecule has 1 aromatic heterocycles. The number of carbonyl (C=O) groups is 2. The van der Waals surface area contributed by atoms with Gasteiger partial charge in [0, 0.05) is 17.6 Å². The van der Waals surface area contributed by atoms with Crippen molar-refractivity contribution >= 4 is 17.6 Å². The summed E-state index contributed by atoms with van der Waals surface area (Å²) >= 11 is 0. The van der Waals surface area contributed by atoms with Crippen LogP contribution in [0.3, 0.4) is 0 Å². The third-order valence-corrected chi connectivity index (χ3v) is 2.41. The summed E-state index contributed by atoms with van der Waals surface area (Å²) in [5, 5.41) is 17.7. The van der Waals surface area contributed by atoms with Crippen molar-refractivity contribution < 1.29 is 19.4 Å². The van der Waals surface area contributed by atoms with Gasteiger partial charge in [0.1, 0.15) is 5.75 Å². The fourth-order valence-corrected chi connectivity index (χ4v) is 1.54. The average Bonchev–Trinajstić information content (AvgIpc) is 2.90. The van der Waals surface area contributed by atoms with Crippen molar-refractivity contribution in [3.8, 4) is 5.75 Å². The van der Waals surface area contributed by atoms with E-state index in [4.69, 9.17) is 9.84 Å². The maximum atomic E-state index is 11.7. The molecule has 0 atom stereocenters. The Morgan fingerprint density at radius 2 is 2.00 bits per heavy atom. The van der Waals surface area contributed by atoms with Crippen LogP contribution < -0.4 is 10.1 Å². The molecule has 2 rings (SSSR count). The molecule has 0 aliphatic rings. The number of carbonyl (C=O) groups excluding carboxylic acids is 1. The third-order valence-electron chi connectivity index (χ3n) is 2.41. The van der Waals surface area contributed by atoms with E-state index < -0.39 is 12.6 Å². The zero-order valence-corrected chi connectivity index (χ0v) is 10.5. The summed E-state index contributed by atoms with van der Waals surface area (Å²) in [5.74, 6) is -0.783. The zero-order chi connectivity index (χ0) is 14.4. The Hall–Kier alpha value is -2.83. The Labute approximate surface area is 114 Å². The van der Waals surface area contributed by atoms with Gasteiger partial charge in [0.2, 0.25) is 5.91 Å². The van der Waals surface area contributed by atoms with Crippen LogP contribution in [0.5, 0.6) is 5.75 Å². The summed E-state index contributed by atoms with van der Waals surface area (Å²) in [6.07, 6.45) is 1.79. The lowest BCUT2D eigenvalue weighted by Crippen LogP contribution is -2.14. The first-order chi connectivity index (χ1) is 9.63. The number of aromatic amines is 1. The Balaban J connectivity index is 1.86. The van der Waals surface area contributed by atoms with E-state index in [0.717, 1.165) is 5.69 Å². The minimum atomic E-state index is -1.04. The lowest BCUT2D eigenvalue weighted by atomic mass is 10.2. The number of amides is 1. The summed E-state index contributed by atoms with van der Waals surface area (Å²) in [6, 6.07) is 8.19. The maximum Gasteiger partial charge on any atom is 0.341 e. The molecule has 0 spiro atoms. The molecule has 0 bridgehead atoms. The number of benzene rings is 1. The molecular weight excluding hydrogens is 262 g/mol. The SMILES string of the molecule is O=C(O)COc1ccc(NC(=O)Cc2ccn[nH]2)cc1. The Morgan fingerprint density at radius 1 is 1.25 bits per heavy atom. The van der Waals surface area contributed by atoms with E-state index in [-0.39, 0.29) is 12.3 Å². The maximum absolute atomic E-state index is 11.7. The van der Waals surface area contributed by atoms with Gasteiger partial charge in [-0.1, -0.05) is 0 Å². The molecule has 20 heavy (non-hydrogen) atoms. The number of nitrogens with zero attached hydrogens (tertiary/aromatic N) is 1. The minimum Gasteiger partial charge on any atom is -0.482 e. The first-order valence-electron chi connectivity index (χ1n) is 5.86. The molecule has 7 nitrogen and oxygen atoms in total. The summed E-state index contributed by atoms with van der Waals surface area (Å²) in [4.78, 5) is 22.1. The van der Waals surface area contributed by atoms with Gasteiger partial charge in [0.25, 0.3) is 0 Å². The van der Waals surface area contributed by atoms with Gasteiger partial charge in [-0.2, -0.15) is 5.10 Å². The van der Waals surface area contributed by atoms with Gasteiger partial charge < -0.3 is 15.2 Å². The first-order valence-corrected chi connectivity index (χ1v) is 5.86. The normalized spacial score (nSPS) is 10.0. The molecule has 1 aromatic carbocycles. The van der Waals surface area contributed by atoms with E-state index in [2.05, 4.69) is 15.5 Å². The van der Waals surface area contributed by atoms with Gasteiger partial charge >= 0.3 is 5.97 Å². The van der Waals surface area contributed by atoms with Crippen LogP contribution in [0, 0.1) is 0 Å². The van der Waals surface area contributed by atoms with E-state index in [1.165, 1.54) is 0 Å². The van der Waals surface area contributed by atoms with Crippen molar-refractivity contribution in [2.24, 2.45) is 0 Å². The zero-order valence-electron chi connectivity index (χ0n) is 10.5. The lowest BCUT2D eigenvalue weighted by Gasteiger charge is -2.06. The van der Waals surface area contributed by atoms with E-state index >= 15 is 0 Å². The second-order valence-electron chi connectivity index (χ2n) is 4.01. The van der Waals surface area contributed by atoms with E-state index in [1.807, 2.05) is 0 Å². The van der Waals surface area contributed by atoms with Crippen molar-refractivity contribution in [1.82, 2.24) is 10.2 Å². The van der Waals surface area contributed by atoms with E-state index in [9.17, 15) is 9.59 Å². The van der Waals surface area contributed by atoms with Crippen LogP contribution in [0.4, 0.5) is 5.69 Å². The molecular formula is C13H13N3O4. The fraction of sp³-hybridized carbons (Fsp3) is 0.154. The second kappa shape index (κ2) is 6.37. The van der Waals surface area contributed by atoms with Gasteiger partial charge in [-0.15, -0.1) is 0 Å². The Morgan fingerprint density at radius 3 is 2.60 bits per heavy atom. The average molecular weight is 275 g/mol. The number of aliphatic carboxylic acids is 1. The highest BCUT2D eigenvalue weighted by molar-refractivity contribution is 5.92. The molecule has 3 N–H and O–H groups in total. The predicted octanol–water partition coefficient (Wildman–Crippen LogP) is 1.05. The quantitative estimate of drug-likeness (QED) is 0.731. The number of carboxylic acid groups (broad SMARTS) is 1. The molecule has 0 saturated heterocycles. The Kier molecular flexibility index (Phi) is 4.33. The highest BCUT2D eigenvalue weighted by Gasteiger charge is 2.05. The van der Waals surface area contributed by atoms with Crippen molar-refractivity contribution in [2.45, 2.75) is 6.42 Å². The van der Waals surface area contributed by atoms with E-state index in [1.54, 1.807) is 36.5 Å². The number of hydrogen-bond acceptors (Lipinski definition) is 4. The van der Waals surface area contributed by atoms with Crippen molar-refractivity contribution in [3.05, 3.63) is 42.2 Å². The fourth-order valence-electron chi connectivity index (χ4n) is 1.54. The molecule has 0 aliphatic heterocycles. The summed E-state index contributed by atoms with van der Waals surface area (Å²) in [5.41, 5.74) is 1.33. The largest absolute Gasteiger partial charge is 0.482 e. The molecule has 1 amide bonds. The van der Waals surface area contributed by atoms with Crippen LogP contribution in [0.25, 0.3) is 0 Å². The smallest absolute Gasteiger partial charge is 0.341 e. The highest BCUT2D eigenvalue weighted by Crippen LogP contribution is 2.15. The summed E-state index contributed by atoms with van der Waals surface area (Å²) in [6.45, 7) is -0.397. The number of ether oxygens (including phenoxy) is 1. The van der Waals surface area contributed by atoms with Crippen molar-refractivity contribution in [2.75, 3.05) is 11.9 Å². The van der Waals surface area contributed by atoms with Gasteiger partial charge in [0.05, 0.1) is 6.42 Å². The van der Waals surface area contributed by atoms with Crippen molar-refractivity contribution in [3.63, 3.8) is 0 Å². The van der Waals surface area contributed by atoms with E-state index in [0.29, 0.717) is 11.4 Å². The molecule has 104 valence electrons. The minimum absolute atomic E-state index is 0.173. The van der Waals surface area contributed by atoms with Crippen LogP contribution in [0.15, 0.2) is 36.5 Å². The molecule has 2 aromatic rings. The number of nitrogens with one attached hydrogen (secondary N) is 2. The van der Waals surface area contributed by atoms with Crippen LogP contribution in [0.1, 0.15) is 5.69 Å². The summed E-state index contributed by atoms with van der Waals surface area (Å²) in [7, 11) is 0. The number of H-pyrrole nitrogens is 1. The standard InChI is InChI=1S/C13H13N3O4/c17-12(7-10-5-6-14-16-10)15-9-1-3-11(4-2-9)20-8-13(18)19/h1-6H,7-8H2,(H,14,16)(H,15,17)(H,18,19). The molecule has 1 heterocycles. The topological polar surface area (TPSA) is 104 Å². The van der Waals surface area contributed by atoms with Gasteiger partial charge in [-0.05, 0) is 30.3 Å². The van der Waals surface area contributed by atoms with Gasteiger partial charge in [0.15, 0.2) is 6.61 Å². The first kappa shape index (κ1) is 13.6. The number of carboxylic acids is 1. The monoisotopic (exact) mass is 275 g/mol. The number of hydrogen-bond donors (Lipinski definition) is 3. The molecule has 0 radical (unpaired) electrons. The number of aromatic nitrogens is 2. The summed E-state index contributed by atoms with van der Waals surface area (Å²) < 4.78 is 4.99. The molecule has 0 fully saturated rings. The lowest BCUT2D eigenvalue weighted by molar-refractivity contribution is -0.139. The third kappa shape index (κ3) is 4.13. The van der Waals surface area contributed by atoms with Gasteiger partial charge in [-0.25, -0.2) is 4.79 Å². The highest BCUT2D eigenvalue weighted by atomic mass is 16.5. The predicted molar refractivity (Wildman–Crippen MR) is 70.5 cm³/mol. The number of rotatable bonds is 6. The van der Waals surface area contributed by atoms with Crippen LogP contribution in [0.2, 0.25) is 0 Å². The van der Waals surface area contributed by atoms with Crippen LogP contribution >= 0.6 is 0 Å². The van der Waals surface area contributed by atoms with Crippen molar-refractivity contribution in [1.29, 1.82) is 0 Å². The molecule has 0 unspecified atom stereocenters. The van der Waals surface area contributed by atoms with Gasteiger partial charge in [-0.3, -0.25) is 9.89 Å². The second-order valence-corrected chi connectivity index (χ2v) is 4.01. The number of anilines is 1. The van der Waals surface area contributed by atoms with Crippen LogP contribution in [-0.4, -0.2) is 33.8 Å². The van der Waals surface area contributed by atoms with Crippen LogP contribution in [-0.2, 0) is 16.0 Å². The molecule has 7 heteroatoms. The molecule has 0 aliphatic carbocycles.